The lowest BCUT2D eigenvalue weighted by molar-refractivity contribution is 0.670. The molecular weight excluding hydrogens is 581 g/mol. The maximum atomic E-state index is 6.55. The Morgan fingerprint density at radius 1 is 0.354 bits per heavy atom. The van der Waals surface area contributed by atoms with Gasteiger partial charge < -0.3 is 4.42 Å². The number of hydrogen-bond donors (Lipinski definition) is 0. The first-order chi connectivity index (χ1) is 23.3. The first-order valence-electron chi connectivity index (χ1n) is 16.8. The molecule has 1 aromatic heterocycles. The Morgan fingerprint density at radius 3 is 1.50 bits per heavy atom. The van der Waals surface area contributed by atoms with Crippen LogP contribution in [0.1, 0.15) is 35.1 Å². The van der Waals surface area contributed by atoms with Gasteiger partial charge in [-0.3, -0.25) is 0 Å². The standard InChI is InChI=1S/C42H26O.2C2H6.CH4/c1-2-16-30-27(12-1)13-10-22-31(30)28-14-9-15-29(26-28)40-33-18-3-5-20-35(33)41(36-21-6-4-19-34(36)40)38-24-11-23-37-32-17-7-8-25-39(32)43-42(37)38;2*1-2;/h1-26H;2*1-2H3;1H4. The molecule has 9 aromatic rings. The molecule has 0 N–H and O–H groups in total. The molecule has 0 aliphatic rings. The molecule has 0 bridgehead atoms. The Morgan fingerprint density at radius 2 is 0.812 bits per heavy atom. The van der Waals surface area contributed by atoms with Gasteiger partial charge in [0.25, 0.3) is 0 Å². The van der Waals surface area contributed by atoms with Gasteiger partial charge in [-0.25, -0.2) is 0 Å². The van der Waals surface area contributed by atoms with Crippen LogP contribution < -0.4 is 0 Å². The third kappa shape index (κ3) is 5.32. The van der Waals surface area contributed by atoms with Crippen molar-refractivity contribution in [2.75, 3.05) is 0 Å². The summed E-state index contributed by atoms with van der Waals surface area (Å²) in [6.45, 7) is 8.00. The highest BCUT2D eigenvalue weighted by Crippen LogP contribution is 2.46. The molecule has 1 nitrogen and oxygen atoms in total. The number of benzene rings is 8. The molecule has 0 saturated carbocycles. The van der Waals surface area contributed by atoms with Crippen LogP contribution in [0.25, 0.3) is 87.6 Å². The van der Waals surface area contributed by atoms with Crippen LogP contribution in [-0.2, 0) is 0 Å². The molecule has 48 heavy (non-hydrogen) atoms. The molecule has 0 spiro atoms. The third-order valence-corrected chi connectivity index (χ3v) is 8.86. The average Bonchev–Trinajstić information content (AvgIpc) is 3.54. The van der Waals surface area contributed by atoms with Crippen molar-refractivity contribution >= 4 is 54.3 Å². The van der Waals surface area contributed by atoms with E-state index in [0.29, 0.717) is 0 Å². The van der Waals surface area contributed by atoms with Gasteiger partial charge in [-0.1, -0.05) is 181 Å². The number of rotatable bonds is 3. The van der Waals surface area contributed by atoms with Gasteiger partial charge in [0.05, 0.1) is 0 Å². The van der Waals surface area contributed by atoms with Crippen molar-refractivity contribution in [3.8, 4) is 33.4 Å². The van der Waals surface area contributed by atoms with E-state index in [4.69, 9.17) is 4.42 Å². The van der Waals surface area contributed by atoms with Crippen LogP contribution in [0.4, 0.5) is 0 Å². The highest BCUT2D eigenvalue weighted by Gasteiger charge is 2.20. The van der Waals surface area contributed by atoms with Crippen molar-refractivity contribution in [2.24, 2.45) is 0 Å². The topological polar surface area (TPSA) is 13.1 Å². The van der Waals surface area contributed by atoms with Crippen molar-refractivity contribution in [1.82, 2.24) is 0 Å². The molecule has 0 atom stereocenters. The predicted molar refractivity (Wildman–Crippen MR) is 212 cm³/mol. The van der Waals surface area contributed by atoms with Crippen molar-refractivity contribution in [1.29, 1.82) is 0 Å². The Kier molecular flexibility index (Phi) is 9.41. The highest BCUT2D eigenvalue weighted by atomic mass is 16.3. The first-order valence-corrected chi connectivity index (χ1v) is 16.8. The number of para-hydroxylation sites is 2. The Hall–Kier alpha value is -5.66. The van der Waals surface area contributed by atoms with E-state index in [9.17, 15) is 0 Å². The lowest BCUT2D eigenvalue weighted by atomic mass is 9.85. The average molecular weight is 623 g/mol. The largest absolute Gasteiger partial charge is 0.455 e. The van der Waals surface area contributed by atoms with Crippen LogP contribution >= 0.6 is 0 Å². The van der Waals surface area contributed by atoms with Crippen molar-refractivity contribution < 1.29 is 4.42 Å². The van der Waals surface area contributed by atoms with E-state index >= 15 is 0 Å². The molecule has 8 aromatic carbocycles. The van der Waals surface area contributed by atoms with E-state index in [1.807, 2.05) is 33.8 Å². The lowest BCUT2D eigenvalue weighted by Crippen LogP contribution is -1.91. The molecule has 236 valence electrons. The van der Waals surface area contributed by atoms with E-state index in [1.54, 1.807) is 0 Å². The summed E-state index contributed by atoms with van der Waals surface area (Å²) in [5.41, 5.74) is 9.13. The van der Waals surface area contributed by atoms with Crippen LogP contribution in [0.3, 0.4) is 0 Å². The van der Waals surface area contributed by atoms with Crippen LogP contribution in [0, 0.1) is 0 Å². The molecule has 0 fully saturated rings. The number of furan rings is 1. The van der Waals surface area contributed by atoms with E-state index in [-0.39, 0.29) is 7.43 Å². The van der Waals surface area contributed by atoms with E-state index < -0.39 is 0 Å². The van der Waals surface area contributed by atoms with Gasteiger partial charge in [-0.05, 0) is 66.7 Å². The fourth-order valence-electron chi connectivity index (χ4n) is 6.99. The molecule has 0 saturated heterocycles. The Labute approximate surface area is 284 Å². The van der Waals surface area contributed by atoms with Gasteiger partial charge in [-0.15, -0.1) is 0 Å². The van der Waals surface area contributed by atoms with Crippen LogP contribution in [0.15, 0.2) is 162 Å². The zero-order valence-corrected chi connectivity index (χ0v) is 27.4. The summed E-state index contributed by atoms with van der Waals surface area (Å²) < 4.78 is 6.55. The second kappa shape index (κ2) is 14.0. The van der Waals surface area contributed by atoms with Crippen LogP contribution in [0.2, 0.25) is 0 Å². The van der Waals surface area contributed by atoms with Crippen LogP contribution in [-0.4, -0.2) is 0 Å². The quantitative estimate of drug-likeness (QED) is 0.179. The molecule has 0 aliphatic carbocycles. The molecule has 0 unspecified atom stereocenters. The summed E-state index contributed by atoms with van der Waals surface area (Å²) in [6.07, 6.45) is 0. The van der Waals surface area contributed by atoms with Gasteiger partial charge in [0.15, 0.2) is 0 Å². The SMILES string of the molecule is C.CC.CC.c1cc(-c2cccc3ccccc23)cc(-c2c3ccccc3c(-c3cccc4c3oc3ccccc34)c3ccccc23)c1. The smallest absolute Gasteiger partial charge is 0.143 e. The maximum Gasteiger partial charge on any atom is 0.143 e. The number of fused-ring (bicyclic) bond motifs is 6. The van der Waals surface area contributed by atoms with Crippen molar-refractivity contribution in [3.05, 3.63) is 158 Å². The number of hydrogen-bond acceptors (Lipinski definition) is 1. The lowest BCUT2D eigenvalue weighted by Gasteiger charge is -2.18. The van der Waals surface area contributed by atoms with Crippen molar-refractivity contribution in [2.45, 2.75) is 35.1 Å². The fourth-order valence-corrected chi connectivity index (χ4v) is 6.99. The Balaban J connectivity index is 0.000000776. The minimum atomic E-state index is 0. The van der Waals surface area contributed by atoms with Gasteiger partial charge in [0, 0.05) is 21.9 Å². The third-order valence-electron chi connectivity index (χ3n) is 8.86. The molecular formula is C47H42O. The zero-order chi connectivity index (χ0) is 32.3. The van der Waals surface area contributed by atoms with Gasteiger partial charge in [0.2, 0.25) is 0 Å². The second-order valence-corrected chi connectivity index (χ2v) is 11.2. The molecule has 0 aliphatic heterocycles. The predicted octanol–water partition coefficient (Wildman–Crippen LogP) is 14.7. The first kappa shape index (κ1) is 32.3. The molecule has 1 heteroatoms. The fraction of sp³-hybridized carbons (Fsp3) is 0.106. The van der Waals surface area contributed by atoms with Gasteiger partial charge in [-0.2, -0.15) is 0 Å². The normalized spacial score (nSPS) is 10.8. The van der Waals surface area contributed by atoms with Gasteiger partial charge in [0.1, 0.15) is 11.2 Å². The second-order valence-electron chi connectivity index (χ2n) is 11.2. The summed E-state index contributed by atoms with van der Waals surface area (Å²) in [5.74, 6) is 0. The zero-order valence-electron chi connectivity index (χ0n) is 27.4. The van der Waals surface area contributed by atoms with E-state index in [0.717, 1.165) is 27.5 Å². The summed E-state index contributed by atoms with van der Waals surface area (Å²) in [4.78, 5) is 0. The van der Waals surface area contributed by atoms with Gasteiger partial charge >= 0.3 is 0 Å². The highest BCUT2D eigenvalue weighted by molar-refractivity contribution is 6.24. The molecule has 0 amide bonds. The summed E-state index contributed by atoms with van der Waals surface area (Å²) in [5, 5.41) is 9.73. The maximum absolute atomic E-state index is 6.55. The molecule has 0 radical (unpaired) electrons. The molecule has 9 rings (SSSR count). The van der Waals surface area contributed by atoms with E-state index in [1.165, 1.54) is 60.1 Å². The van der Waals surface area contributed by atoms with Crippen molar-refractivity contribution in [3.63, 3.8) is 0 Å². The van der Waals surface area contributed by atoms with Crippen LogP contribution in [0.5, 0.6) is 0 Å². The minimum absolute atomic E-state index is 0. The summed E-state index contributed by atoms with van der Waals surface area (Å²) >= 11 is 0. The monoisotopic (exact) mass is 622 g/mol. The summed E-state index contributed by atoms with van der Waals surface area (Å²) in [7, 11) is 0. The van der Waals surface area contributed by atoms with E-state index in [2.05, 4.69) is 152 Å². The minimum Gasteiger partial charge on any atom is -0.455 e. The Bertz CT molecular complexity index is 2450. The molecule has 1 heterocycles. The summed E-state index contributed by atoms with van der Waals surface area (Å²) in [6, 6.07) is 56.8.